The van der Waals surface area contributed by atoms with Crippen LogP contribution in [0.3, 0.4) is 0 Å². The number of pyridine rings is 1. The van der Waals surface area contributed by atoms with E-state index in [0.717, 1.165) is 0 Å². The first-order valence-corrected chi connectivity index (χ1v) is 9.54. The summed E-state index contributed by atoms with van der Waals surface area (Å²) < 4.78 is 10.9. The Labute approximate surface area is 173 Å². The number of hydrogen-bond acceptors (Lipinski definition) is 6. The number of ether oxygens (including phenoxy) is 1. The van der Waals surface area contributed by atoms with Gasteiger partial charge < -0.3 is 19.2 Å². The number of carbonyl (C=O) groups is 2. The molecule has 0 spiro atoms. The molecule has 0 saturated carbocycles. The van der Waals surface area contributed by atoms with Gasteiger partial charge in [0.1, 0.15) is 17.3 Å². The van der Waals surface area contributed by atoms with Crippen LogP contribution in [0.25, 0.3) is 5.76 Å². The molecule has 1 saturated heterocycles. The normalized spacial score (nSPS) is 18.0. The van der Waals surface area contributed by atoms with Crippen LogP contribution >= 0.6 is 0 Å². The lowest BCUT2D eigenvalue weighted by molar-refractivity contribution is -0.140. The van der Waals surface area contributed by atoms with Crippen molar-refractivity contribution in [3.63, 3.8) is 0 Å². The zero-order valence-corrected chi connectivity index (χ0v) is 16.3. The van der Waals surface area contributed by atoms with Crippen LogP contribution in [0.5, 0.6) is 5.75 Å². The van der Waals surface area contributed by atoms with Crippen molar-refractivity contribution in [1.29, 1.82) is 0 Å². The van der Waals surface area contributed by atoms with E-state index in [1.165, 1.54) is 11.2 Å². The highest BCUT2D eigenvalue weighted by Gasteiger charge is 2.46. The number of ketones is 1. The van der Waals surface area contributed by atoms with Crippen LogP contribution in [0.1, 0.15) is 29.9 Å². The SMILES string of the molecule is CCOc1cccc(C(O)=C2C(=O)C(=O)N(Cc3ccco3)[C@H]2c2cccnc2)c1. The molecule has 0 unspecified atom stereocenters. The minimum Gasteiger partial charge on any atom is -0.507 e. The summed E-state index contributed by atoms with van der Waals surface area (Å²) in [7, 11) is 0. The predicted octanol–water partition coefficient (Wildman–Crippen LogP) is 3.70. The molecule has 1 amide bonds. The number of carbonyl (C=O) groups excluding carboxylic acids is 2. The van der Waals surface area contributed by atoms with E-state index in [2.05, 4.69) is 4.98 Å². The number of rotatable bonds is 6. The molecule has 152 valence electrons. The van der Waals surface area contributed by atoms with Gasteiger partial charge in [0.05, 0.1) is 31.0 Å². The smallest absolute Gasteiger partial charge is 0.296 e. The lowest BCUT2D eigenvalue weighted by Crippen LogP contribution is -2.29. The molecule has 7 heteroatoms. The molecule has 1 N–H and O–H groups in total. The van der Waals surface area contributed by atoms with Gasteiger partial charge in [0.15, 0.2) is 0 Å². The van der Waals surface area contributed by atoms with Crippen molar-refractivity contribution in [2.75, 3.05) is 6.61 Å². The molecular weight excluding hydrogens is 384 g/mol. The van der Waals surface area contributed by atoms with E-state index >= 15 is 0 Å². The first kappa shape index (κ1) is 19.4. The van der Waals surface area contributed by atoms with Gasteiger partial charge in [-0.3, -0.25) is 14.6 Å². The molecule has 0 radical (unpaired) electrons. The minimum atomic E-state index is -0.792. The maximum absolute atomic E-state index is 13.0. The average Bonchev–Trinajstić information content (AvgIpc) is 3.37. The predicted molar refractivity (Wildman–Crippen MR) is 108 cm³/mol. The van der Waals surface area contributed by atoms with Gasteiger partial charge in [0, 0.05) is 18.0 Å². The van der Waals surface area contributed by atoms with E-state index in [4.69, 9.17) is 9.15 Å². The third-order valence-corrected chi connectivity index (χ3v) is 4.86. The number of Topliss-reactive ketones (excluding diaryl/α,β-unsaturated/α-hetero) is 1. The van der Waals surface area contributed by atoms with Crippen molar-refractivity contribution in [1.82, 2.24) is 9.88 Å². The number of aliphatic hydroxyl groups excluding tert-OH is 1. The summed E-state index contributed by atoms with van der Waals surface area (Å²) in [5.41, 5.74) is 1.02. The summed E-state index contributed by atoms with van der Waals surface area (Å²) in [5.74, 6) is -0.628. The Balaban J connectivity index is 1.84. The van der Waals surface area contributed by atoms with Crippen LogP contribution in [-0.4, -0.2) is 33.3 Å². The Morgan fingerprint density at radius 3 is 2.77 bits per heavy atom. The molecule has 3 heterocycles. The number of benzene rings is 1. The van der Waals surface area contributed by atoms with Crippen LogP contribution in [0, 0.1) is 0 Å². The third-order valence-electron chi connectivity index (χ3n) is 4.86. The summed E-state index contributed by atoms with van der Waals surface area (Å²) in [6.45, 7) is 2.41. The fourth-order valence-corrected chi connectivity index (χ4v) is 3.55. The van der Waals surface area contributed by atoms with E-state index < -0.39 is 17.7 Å². The highest BCUT2D eigenvalue weighted by molar-refractivity contribution is 6.46. The maximum atomic E-state index is 13.0. The Bertz CT molecular complexity index is 1090. The molecule has 0 bridgehead atoms. The molecule has 2 aromatic heterocycles. The van der Waals surface area contributed by atoms with Crippen LogP contribution in [0.2, 0.25) is 0 Å². The number of hydrogen-bond donors (Lipinski definition) is 1. The minimum absolute atomic E-state index is 0.00760. The largest absolute Gasteiger partial charge is 0.507 e. The fourth-order valence-electron chi connectivity index (χ4n) is 3.55. The first-order chi connectivity index (χ1) is 14.6. The molecule has 30 heavy (non-hydrogen) atoms. The lowest BCUT2D eigenvalue weighted by Gasteiger charge is -2.24. The summed E-state index contributed by atoms with van der Waals surface area (Å²) in [6, 6.07) is 12.9. The van der Waals surface area contributed by atoms with E-state index in [1.807, 2.05) is 6.92 Å². The van der Waals surface area contributed by atoms with Crippen molar-refractivity contribution in [3.05, 3.63) is 89.6 Å². The van der Waals surface area contributed by atoms with Gasteiger partial charge in [-0.15, -0.1) is 0 Å². The molecular formula is C23H20N2O5. The monoisotopic (exact) mass is 404 g/mol. The van der Waals surface area contributed by atoms with Gasteiger partial charge in [-0.2, -0.15) is 0 Å². The van der Waals surface area contributed by atoms with E-state index in [1.54, 1.807) is 60.9 Å². The Hall–Kier alpha value is -3.87. The summed E-state index contributed by atoms with van der Waals surface area (Å²) in [5, 5.41) is 11.1. The van der Waals surface area contributed by atoms with Crippen molar-refractivity contribution in [2.24, 2.45) is 0 Å². The summed E-state index contributed by atoms with van der Waals surface area (Å²) in [4.78, 5) is 31.3. The molecule has 3 aromatic rings. The summed E-state index contributed by atoms with van der Waals surface area (Å²) in [6.07, 6.45) is 4.69. The van der Waals surface area contributed by atoms with Gasteiger partial charge in [-0.05, 0) is 42.8 Å². The first-order valence-electron chi connectivity index (χ1n) is 9.54. The fraction of sp³-hybridized carbons (Fsp3) is 0.174. The van der Waals surface area contributed by atoms with Crippen LogP contribution < -0.4 is 4.74 Å². The van der Waals surface area contributed by atoms with Crippen LogP contribution in [0.15, 0.2) is 77.2 Å². The molecule has 1 aliphatic rings. The van der Waals surface area contributed by atoms with Crippen LogP contribution in [-0.2, 0) is 16.1 Å². The number of nitrogens with zero attached hydrogens (tertiary/aromatic N) is 2. The van der Waals surface area contributed by atoms with Crippen molar-refractivity contribution in [3.8, 4) is 5.75 Å². The van der Waals surface area contributed by atoms with Gasteiger partial charge in [0.25, 0.3) is 11.7 Å². The van der Waals surface area contributed by atoms with Crippen molar-refractivity contribution < 1.29 is 23.8 Å². The van der Waals surface area contributed by atoms with Gasteiger partial charge in [-0.25, -0.2) is 0 Å². The van der Waals surface area contributed by atoms with Gasteiger partial charge in [-0.1, -0.05) is 18.2 Å². The molecule has 4 rings (SSSR count). The Morgan fingerprint density at radius 1 is 1.20 bits per heavy atom. The second-order valence-electron chi connectivity index (χ2n) is 6.75. The number of aromatic nitrogens is 1. The molecule has 1 aliphatic heterocycles. The summed E-state index contributed by atoms with van der Waals surface area (Å²) >= 11 is 0. The third kappa shape index (κ3) is 3.57. The number of aliphatic hydroxyl groups is 1. The van der Waals surface area contributed by atoms with Gasteiger partial charge >= 0.3 is 0 Å². The average molecular weight is 404 g/mol. The maximum Gasteiger partial charge on any atom is 0.296 e. The Morgan fingerprint density at radius 2 is 2.07 bits per heavy atom. The zero-order valence-electron chi connectivity index (χ0n) is 16.3. The molecule has 1 aromatic carbocycles. The van der Waals surface area contributed by atoms with Crippen LogP contribution in [0.4, 0.5) is 0 Å². The second-order valence-corrected chi connectivity index (χ2v) is 6.75. The molecule has 0 aliphatic carbocycles. The van der Waals surface area contributed by atoms with Crippen molar-refractivity contribution >= 4 is 17.4 Å². The molecule has 1 fully saturated rings. The molecule has 7 nitrogen and oxygen atoms in total. The quantitative estimate of drug-likeness (QED) is 0.383. The second kappa shape index (κ2) is 8.24. The van der Waals surface area contributed by atoms with Gasteiger partial charge in [0.2, 0.25) is 0 Å². The molecule has 1 atom stereocenters. The number of amides is 1. The van der Waals surface area contributed by atoms with Crippen molar-refractivity contribution in [2.45, 2.75) is 19.5 Å². The van der Waals surface area contributed by atoms with E-state index in [0.29, 0.717) is 29.2 Å². The number of likely N-dealkylation sites (tertiary alicyclic amines) is 1. The lowest BCUT2D eigenvalue weighted by atomic mass is 9.96. The van der Waals surface area contributed by atoms with E-state index in [9.17, 15) is 14.7 Å². The highest BCUT2D eigenvalue weighted by Crippen LogP contribution is 2.40. The topological polar surface area (TPSA) is 92.9 Å². The standard InChI is InChI=1S/C23H20N2O5/c1-2-29-17-8-3-6-15(12-17)21(26)19-20(16-7-4-10-24-13-16)25(23(28)22(19)27)14-18-9-5-11-30-18/h3-13,20,26H,2,14H2,1H3/t20-/m0/s1. The van der Waals surface area contributed by atoms with E-state index in [-0.39, 0.29) is 17.9 Å². The highest BCUT2D eigenvalue weighted by atomic mass is 16.5. The Kier molecular flexibility index (Phi) is 5.34. The number of furan rings is 1. The zero-order chi connectivity index (χ0) is 21.1.